The molecule has 0 radical (unpaired) electrons. The van der Waals surface area contributed by atoms with Crippen molar-refractivity contribution < 1.29 is 14.7 Å². The minimum absolute atomic E-state index is 0.00615. The molecular formula is C13H15N3O3. The first-order valence-electron chi connectivity index (χ1n) is 6.35. The molecular weight excluding hydrogens is 246 g/mol. The van der Waals surface area contributed by atoms with Crippen molar-refractivity contribution in [3.63, 3.8) is 0 Å². The smallest absolute Gasteiger partial charge is 0.266 e. The van der Waals surface area contributed by atoms with Gasteiger partial charge in [0.25, 0.3) is 11.8 Å². The Morgan fingerprint density at radius 1 is 1.11 bits per heavy atom. The Kier molecular flexibility index (Phi) is 2.98. The normalized spacial score (nSPS) is 15.7. The molecule has 19 heavy (non-hydrogen) atoms. The summed E-state index contributed by atoms with van der Waals surface area (Å²) >= 11 is 0. The standard InChI is InChI=1S/C13H15N3O3/c17-9-4-5-11(18)10(8-9)12-14-13(15-19-12)16-6-2-1-3-7-16/h4-5,8,17-18H,1-3,6-7H2. The van der Waals surface area contributed by atoms with E-state index in [0.717, 1.165) is 25.9 Å². The number of aromatic hydroxyl groups is 2. The number of anilines is 1. The fraction of sp³-hybridized carbons (Fsp3) is 0.385. The third-order valence-corrected chi connectivity index (χ3v) is 3.26. The van der Waals surface area contributed by atoms with Crippen LogP contribution in [0.4, 0.5) is 5.95 Å². The molecule has 1 aromatic heterocycles. The van der Waals surface area contributed by atoms with Gasteiger partial charge in [-0.05, 0) is 42.6 Å². The molecule has 1 aliphatic heterocycles. The first-order chi connectivity index (χ1) is 9.24. The number of rotatable bonds is 2. The monoisotopic (exact) mass is 261 g/mol. The largest absolute Gasteiger partial charge is 0.508 e. The van der Waals surface area contributed by atoms with Crippen molar-refractivity contribution in [2.75, 3.05) is 18.0 Å². The van der Waals surface area contributed by atoms with Gasteiger partial charge in [-0.1, -0.05) is 0 Å². The molecule has 0 aliphatic carbocycles. The summed E-state index contributed by atoms with van der Waals surface area (Å²) in [7, 11) is 0. The van der Waals surface area contributed by atoms with E-state index < -0.39 is 0 Å². The fourth-order valence-electron chi connectivity index (χ4n) is 2.24. The third kappa shape index (κ3) is 2.33. The molecule has 0 amide bonds. The van der Waals surface area contributed by atoms with Gasteiger partial charge in [0.05, 0.1) is 5.56 Å². The molecule has 0 unspecified atom stereocenters. The maximum Gasteiger partial charge on any atom is 0.266 e. The molecule has 0 spiro atoms. The van der Waals surface area contributed by atoms with Crippen LogP contribution in [0.5, 0.6) is 11.5 Å². The van der Waals surface area contributed by atoms with Gasteiger partial charge >= 0.3 is 0 Å². The van der Waals surface area contributed by atoms with Crippen molar-refractivity contribution in [1.82, 2.24) is 10.1 Å². The van der Waals surface area contributed by atoms with Gasteiger partial charge < -0.3 is 19.6 Å². The van der Waals surface area contributed by atoms with Crippen molar-refractivity contribution in [3.05, 3.63) is 18.2 Å². The second-order valence-corrected chi connectivity index (χ2v) is 4.65. The van der Waals surface area contributed by atoms with E-state index in [1.165, 1.54) is 24.6 Å². The van der Waals surface area contributed by atoms with Gasteiger partial charge in [-0.25, -0.2) is 0 Å². The van der Waals surface area contributed by atoms with E-state index in [1.54, 1.807) is 0 Å². The maximum absolute atomic E-state index is 9.76. The van der Waals surface area contributed by atoms with Gasteiger partial charge in [0, 0.05) is 13.1 Å². The highest BCUT2D eigenvalue weighted by molar-refractivity contribution is 5.65. The lowest BCUT2D eigenvalue weighted by Gasteiger charge is -2.24. The molecule has 6 heteroatoms. The number of nitrogens with zero attached hydrogens (tertiary/aromatic N) is 3. The van der Waals surface area contributed by atoms with Crippen LogP contribution in [-0.2, 0) is 0 Å². The highest BCUT2D eigenvalue weighted by Gasteiger charge is 2.19. The average molecular weight is 261 g/mol. The Bertz CT molecular complexity index is 576. The molecule has 1 saturated heterocycles. The Balaban J connectivity index is 1.89. The molecule has 1 aliphatic rings. The zero-order valence-corrected chi connectivity index (χ0v) is 10.4. The average Bonchev–Trinajstić information content (AvgIpc) is 2.92. The lowest BCUT2D eigenvalue weighted by molar-refractivity contribution is 0.419. The predicted molar refractivity (Wildman–Crippen MR) is 69.1 cm³/mol. The van der Waals surface area contributed by atoms with E-state index >= 15 is 0 Å². The molecule has 0 saturated carbocycles. The van der Waals surface area contributed by atoms with Crippen molar-refractivity contribution in [2.24, 2.45) is 0 Å². The van der Waals surface area contributed by atoms with Gasteiger partial charge in [0.1, 0.15) is 11.5 Å². The molecule has 100 valence electrons. The highest BCUT2D eigenvalue weighted by Crippen LogP contribution is 2.32. The van der Waals surface area contributed by atoms with Crippen LogP contribution in [0.25, 0.3) is 11.5 Å². The van der Waals surface area contributed by atoms with E-state index in [0.29, 0.717) is 11.5 Å². The van der Waals surface area contributed by atoms with Gasteiger partial charge in [0.15, 0.2) is 0 Å². The molecule has 6 nitrogen and oxygen atoms in total. The number of aromatic nitrogens is 2. The van der Waals surface area contributed by atoms with E-state index in [1.807, 2.05) is 0 Å². The molecule has 1 fully saturated rings. The number of hydrogen-bond donors (Lipinski definition) is 2. The topological polar surface area (TPSA) is 82.6 Å². The quantitative estimate of drug-likeness (QED) is 0.806. The summed E-state index contributed by atoms with van der Waals surface area (Å²) in [5.41, 5.74) is 0.343. The van der Waals surface area contributed by atoms with Gasteiger partial charge in [-0.3, -0.25) is 0 Å². The lowest BCUT2D eigenvalue weighted by atomic mass is 10.1. The second-order valence-electron chi connectivity index (χ2n) is 4.65. The number of phenols is 2. The van der Waals surface area contributed by atoms with Crippen LogP contribution in [0.1, 0.15) is 19.3 Å². The number of benzene rings is 1. The van der Waals surface area contributed by atoms with Crippen molar-refractivity contribution in [3.8, 4) is 23.0 Å². The summed E-state index contributed by atoms with van der Waals surface area (Å²) in [5.74, 6) is 0.809. The molecule has 2 aromatic rings. The van der Waals surface area contributed by atoms with Gasteiger partial charge in [-0.2, -0.15) is 4.98 Å². The van der Waals surface area contributed by atoms with Gasteiger partial charge in [-0.15, -0.1) is 0 Å². The molecule has 0 bridgehead atoms. The number of phenolic OH excluding ortho intramolecular Hbond substituents is 2. The molecule has 0 atom stereocenters. The summed E-state index contributed by atoms with van der Waals surface area (Å²) in [5, 5.41) is 23.1. The van der Waals surface area contributed by atoms with E-state index in [2.05, 4.69) is 15.0 Å². The van der Waals surface area contributed by atoms with Crippen LogP contribution in [0.2, 0.25) is 0 Å². The lowest BCUT2D eigenvalue weighted by Crippen LogP contribution is -2.30. The predicted octanol–water partition coefficient (Wildman–Crippen LogP) is 2.14. The van der Waals surface area contributed by atoms with Crippen LogP contribution in [0, 0.1) is 0 Å². The fourth-order valence-corrected chi connectivity index (χ4v) is 2.24. The van der Waals surface area contributed by atoms with E-state index in [9.17, 15) is 10.2 Å². The van der Waals surface area contributed by atoms with Crippen LogP contribution in [-0.4, -0.2) is 33.4 Å². The van der Waals surface area contributed by atoms with E-state index in [4.69, 9.17) is 4.52 Å². The van der Waals surface area contributed by atoms with Crippen LogP contribution < -0.4 is 4.90 Å². The van der Waals surface area contributed by atoms with Crippen molar-refractivity contribution in [1.29, 1.82) is 0 Å². The molecule has 2 heterocycles. The molecule has 1 aromatic carbocycles. The first kappa shape index (κ1) is 11.8. The Hall–Kier alpha value is -2.24. The summed E-state index contributed by atoms with van der Waals surface area (Å²) in [6, 6.07) is 4.21. The Morgan fingerprint density at radius 3 is 2.68 bits per heavy atom. The van der Waals surface area contributed by atoms with Gasteiger partial charge in [0.2, 0.25) is 0 Å². The van der Waals surface area contributed by atoms with Crippen LogP contribution in [0.15, 0.2) is 22.7 Å². The number of piperidine rings is 1. The summed E-state index contributed by atoms with van der Waals surface area (Å²) in [6.45, 7) is 1.84. The van der Waals surface area contributed by atoms with E-state index in [-0.39, 0.29) is 17.4 Å². The summed E-state index contributed by atoms with van der Waals surface area (Å²) in [6.07, 6.45) is 3.48. The summed E-state index contributed by atoms with van der Waals surface area (Å²) in [4.78, 5) is 6.35. The third-order valence-electron chi connectivity index (χ3n) is 3.26. The zero-order valence-electron chi connectivity index (χ0n) is 10.4. The zero-order chi connectivity index (χ0) is 13.2. The summed E-state index contributed by atoms with van der Waals surface area (Å²) < 4.78 is 5.17. The Morgan fingerprint density at radius 2 is 1.89 bits per heavy atom. The van der Waals surface area contributed by atoms with Crippen molar-refractivity contribution in [2.45, 2.75) is 19.3 Å². The molecule has 2 N–H and O–H groups in total. The minimum atomic E-state index is 0.00615. The molecule has 3 rings (SSSR count). The van der Waals surface area contributed by atoms with Crippen LogP contribution >= 0.6 is 0 Å². The second kappa shape index (κ2) is 4.79. The van der Waals surface area contributed by atoms with Crippen molar-refractivity contribution >= 4 is 5.95 Å². The minimum Gasteiger partial charge on any atom is -0.508 e. The first-order valence-corrected chi connectivity index (χ1v) is 6.35. The Labute approximate surface area is 110 Å². The van der Waals surface area contributed by atoms with Crippen LogP contribution in [0.3, 0.4) is 0 Å². The highest BCUT2D eigenvalue weighted by atomic mass is 16.5. The maximum atomic E-state index is 9.76. The number of hydrogen-bond acceptors (Lipinski definition) is 6. The SMILES string of the molecule is Oc1ccc(O)c(-c2nc(N3CCCCC3)no2)c1.